The number of carbonyl (C=O) groups is 2. The molecule has 1 aromatic heterocycles. The Morgan fingerprint density at radius 3 is 3.00 bits per heavy atom. The number of anilines is 1. The van der Waals surface area contributed by atoms with E-state index in [-0.39, 0.29) is 30.2 Å². The Labute approximate surface area is 140 Å². The maximum absolute atomic E-state index is 13.2. The fraction of sp³-hybridized carbons (Fsp3) is 0.389. The van der Waals surface area contributed by atoms with Gasteiger partial charge in [0.05, 0.1) is 18.5 Å². The first-order chi connectivity index (χ1) is 11.7. The lowest BCUT2D eigenvalue weighted by molar-refractivity contribution is -0.136. The van der Waals surface area contributed by atoms with Crippen LogP contribution < -0.4 is 5.32 Å². The predicted octanol–water partition coefficient (Wildman–Crippen LogP) is 2.00. The molecule has 4 rings (SSSR count). The summed E-state index contributed by atoms with van der Waals surface area (Å²) in [4.78, 5) is 27.1. The van der Waals surface area contributed by atoms with E-state index < -0.39 is 0 Å². The molecule has 124 valence electrons. The summed E-state index contributed by atoms with van der Waals surface area (Å²) < 4.78 is 1.87. The van der Waals surface area contributed by atoms with E-state index in [1.54, 1.807) is 6.20 Å². The summed E-state index contributed by atoms with van der Waals surface area (Å²) in [6.07, 6.45) is 5.87. The minimum atomic E-state index is -0.381. The van der Waals surface area contributed by atoms with Crippen molar-refractivity contribution in [2.24, 2.45) is 0 Å². The molecule has 2 atom stereocenters. The number of aromatic nitrogens is 2. The largest absolute Gasteiger partial charge is 0.337 e. The van der Waals surface area contributed by atoms with E-state index in [1.807, 2.05) is 46.1 Å². The van der Waals surface area contributed by atoms with E-state index in [9.17, 15) is 9.59 Å². The van der Waals surface area contributed by atoms with Crippen molar-refractivity contribution in [1.29, 1.82) is 0 Å². The summed E-state index contributed by atoms with van der Waals surface area (Å²) in [5.41, 5.74) is 1.68. The van der Waals surface area contributed by atoms with Crippen molar-refractivity contribution in [3.8, 4) is 0 Å². The van der Waals surface area contributed by atoms with Crippen molar-refractivity contribution in [3.05, 3.63) is 48.3 Å². The van der Waals surface area contributed by atoms with Crippen LogP contribution in [0.1, 0.15) is 30.7 Å². The van der Waals surface area contributed by atoms with Crippen LogP contribution in [0.25, 0.3) is 0 Å². The van der Waals surface area contributed by atoms with Gasteiger partial charge in [-0.25, -0.2) is 0 Å². The molecule has 1 N–H and O–H groups in total. The van der Waals surface area contributed by atoms with Gasteiger partial charge in [-0.2, -0.15) is 5.10 Å². The second-order valence-corrected chi connectivity index (χ2v) is 6.45. The molecule has 2 aliphatic rings. The standard InChI is InChI=1S/C18H20N4O2/c23-17-11-15(14-6-1-2-7-16(14)20-17)18(24)22-10-3-5-13(22)12-21-9-4-8-19-21/h1-2,4,6-9,13,15H,3,5,10-12H2,(H,20,23)/t13-,15-/m1/s1. The fourth-order valence-corrected chi connectivity index (χ4v) is 3.77. The summed E-state index contributed by atoms with van der Waals surface area (Å²) in [6, 6.07) is 9.63. The van der Waals surface area contributed by atoms with Gasteiger partial charge in [0, 0.05) is 31.0 Å². The number of amides is 2. The van der Waals surface area contributed by atoms with Crippen LogP contribution in [0, 0.1) is 0 Å². The summed E-state index contributed by atoms with van der Waals surface area (Å²) in [5.74, 6) is -0.407. The second kappa shape index (κ2) is 6.11. The van der Waals surface area contributed by atoms with Crippen LogP contribution in [0.3, 0.4) is 0 Å². The number of nitrogens with zero attached hydrogens (tertiary/aromatic N) is 3. The number of rotatable bonds is 3. The zero-order valence-corrected chi connectivity index (χ0v) is 13.4. The molecular weight excluding hydrogens is 304 g/mol. The molecule has 6 heteroatoms. The van der Waals surface area contributed by atoms with Gasteiger partial charge in [0.1, 0.15) is 0 Å². The number of benzene rings is 1. The predicted molar refractivity (Wildman–Crippen MR) is 89.4 cm³/mol. The number of nitrogens with one attached hydrogen (secondary N) is 1. The first-order valence-electron chi connectivity index (χ1n) is 8.39. The maximum Gasteiger partial charge on any atom is 0.231 e. The first kappa shape index (κ1) is 14.9. The van der Waals surface area contributed by atoms with Crippen LogP contribution in [0.15, 0.2) is 42.7 Å². The number of hydrogen-bond acceptors (Lipinski definition) is 3. The monoisotopic (exact) mass is 324 g/mol. The number of para-hydroxylation sites is 1. The van der Waals surface area contributed by atoms with E-state index in [0.717, 1.165) is 30.6 Å². The van der Waals surface area contributed by atoms with E-state index >= 15 is 0 Å². The molecule has 0 unspecified atom stereocenters. The zero-order chi connectivity index (χ0) is 16.5. The van der Waals surface area contributed by atoms with Gasteiger partial charge in [-0.05, 0) is 30.5 Å². The van der Waals surface area contributed by atoms with Crippen LogP contribution in [0.2, 0.25) is 0 Å². The zero-order valence-electron chi connectivity index (χ0n) is 13.4. The third-order valence-corrected chi connectivity index (χ3v) is 4.92. The molecule has 3 heterocycles. The molecule has 0 aliphatic carbocycles. The lowest BCUT2D eigenvalue weighted by Crippen LogP contribution is -2.42. The molecule has 0 radical (unpaired) electrons. The number of fused-ring (bicyclic) bond motifs is 1. The highest BCUT2D eigenvalue weighted by atomic mass is 16.2. The van der Waals surface area contributed by atoms with Crippen LogP contribution in [0.4, 0.5) is 5.69 Å². The molecule has 1 fully saturated rings. The Morgan fingerprint density at radius 1 is 1.29 bits per heavy atom. The topological polar surface area (TPSA) is 67.2 Å². The Kier molecular flexibility index (Phi) is 3.80. The van der Waals surface area contributed by atoms with Crippen molar-refractivity contribution < 1.29 is 9.59 Å². The van der Waals surface area contributed by atoms with E-state index in [1.165, 1.54) is 0 Å². The van der Waals surface area contributed by atoms with Gasteiger partial charge in [0.15, 0.2) is 0 Å². The van der Waals surface area contributed by atoms with E-state index in [0.29, 0.717) is 6.54 Å². The highest BCUT2D eigenvalue weighted by Crippen LogP contribution is 2.35. The first-order valence-corrected chi connectivity index (χ1v) is 8.39. The van der Waals surface area contributed by atoms with Crippen molar-refractivity contribution >= 4 is 17.5 Å². The summed E-state index contributed by atoms with van der Waals surface area (Å²) >= 11 is 0. The summed E-state index contributed by atoms with van der Waals surface area (Å²) in [7, 11) is 0. The third kappa shape index (κ3) is 2.68. The van der Waals surface area contributed by atoms with Gasteiger partial charge in [0.25, 0.3) is 0 Å². The van der Waals surface area contributed by atoms with Crippen molar-refractivity contribution in [1.82, 2.24) is 14.7 Å². The van der Waals surface area contributed by atoms with Gasteiger partial charge < -0.3 is 10.2 Å². The molecule has 2 aromatic rings. The van der Waals surface area contributed by atoms with E-state index in [4.69, 9.17) is 0 Å². The number of hydrogen-bond donors (Lipinski definition) is 1. The second-order valence-electron chi connectivity index (χ2n) is 6.45. The molecule has 0 spiro atoms. The summed E-state index contributed by atoms with van der Waals surface area (Å²) in [6.45, 7) is 1.46. The smallest absolute Gasteiger partial charge is 0.231 e. The molecule has 2 amide bonds. The average molecular weight is 324 g/mol. The fourth-order valence-electron chi connectivity index (χ4n) is 3.77. The number of carbonyl (C=O) groups excluding carboxylic acids is 2. The van der Waals surface area contributed by atoms with Gasteiger partial charge in [-0.3, -0.25) is 14.3 Å². The summed E-state index contributed by atoms with van der Waals surface area (Å²) in [5, 5.41) is 7.11. The highest BCUT2D eigenvalue weighted by molar-refractivity contribution is 6.01. The van der Waals surface area contributed by atoms with Crippen molar-refractivity contribution in [2.45, 2.75) is 37.8 Å². The average Bonchev–Trinajstić information content (AvgIpc) is 3.26. The van der Waals surface area contributed by atoms with E-state index in [2.05, 4.69) is 10.4 Å². The molecule has 24 heavy (non-hydrogen) atoms. The van der Waals surface area contributed by atoms with Crippen LogP contribution >= 0.6 is 0 Å². The molecule has 1 aromatic carbocycles. The normalized spacial score (nSPS) is 23.0. The van der Waals surface area contributed by atoms with Gasteiger partial charge in [0.2, 0.25) is 11.8 Å². The highest BCUT2D eigenvalue weighted by Gasteiger charge is 2.37. The number of likely N-dealkylation sites (tertiary alicyclic amines) is 1. The Hall–Kier alpha value is -2.63. The SMILES string of the molecule is O=C1C[C@@H](C(=O)N2CCC[C@@H]2Cn2cccn2)c2ccccc2N1. The Bertz CT molecular complexity index is 756. The van der Waals surface area contributed by atoms with Crippen LogP contribution in [0.5, 0.6) is 0 Å². The van der Waals surface area contributed by atoms with Crippen molar-refractivity contribution in [3.63, 3.8) is 0 Å². The molecule has 6 nitrogen and oxygen atoms in total. The van der Waals surface area contributed by atoms with Gasteiger partial charge in [-0.1, -0.05) is 18.2 Å². The Morgan fingerprint density at radius 2 is 2.17 bits per heavy atom. The quantitative estimate of drug-likeness (QED) is 0.939. The van der Waals surface area contributed by atoms with Crippen LogP contribution in [-0.4, -0.2) is 39.1 Å². The minimum Gasteiger partial charge on any atom is -0.337 e. The minimum absolute atomic E-state index is 0.0620. The molecular formula is C18H20N4O2. The lowest BCUT2D eigenvalue weighted by atomic mass is 9.89. The molecule has 1 saturated heterocycles. The molecule has 0 bridgehead atoms. The van der Waals surface area contributed by atoms with Gasteiger partial charge in [-0.15, -0.1) is 0 Å². The van der Waals surface area contributed by atoms with Crippen LogP contribution in [-0.2, 0) is 16.1 Å². The van der Waals surface area contributed by atoms with Crippen molar-refractivity contribution in [2.75, 3.05) is 11.9 Å². The molecule has 2 aliphatic heterocycles. The maximum atomic E-state index is 13.2. The third-order valence-electron chi connectivity index (χ3n) is 4.92. The molecule has 0 saturated carbocycles. The Balaban J connectivity index is 1.57. The van der Waals surface area contributed by atoms with Gasteiger partial charge >= 0.3 is 0 Å². The lowest BCUT2D eigenvalue weighted by Gasteiger charge is -2.31.